The third-order valence-corrected chi connectivity index (χ3v) is 4.97. The number of alkyl carbamates (subject to hydrolysis) is 1. The van der Waals surface area contributed by atoms with Crippen molar-refractivity contribution in [3.05, 3.63) is 21.3 Å². The molecule has 0 radical (unpaired) electrons. The zero-order chi connectivity index (χ0) is 16.3. The van der Waals surface area contributed by atoms with Crippen LogP contribution in [0.4, 0.5) is 4.79 Å². The molecule has 1 aromatic heterocycles. The Hall–Kier alpha value is -0.780. The van der Waals surface area contributed by atoms with Gasteiger partial charge in [-0.2, -0.15) is 0 Å². The van der Waals surface area contributed by atoms with E-state index < -0.39 is 5.60 Å². The van der Waals surface area contributed by atoms with E-state index in [1.54, 1.807) is 11.3 Å². The van der Waals surface area contributed by atoms with E-state index in [4.69, 9.17) is 16.3 Å². The zero-order valence-corrected chi connectivity index (χ0v) is 15.2. The minimum absolute atomic E-state index is 0.118. The number of thiophene rings is 1. The summed E-state index contributed by atoms with van der Waals surface area (Å²) in [4.78, 5) is 13.1. The van der Waals surface area contributed by atoms with Gasteiger partial charge in [0.25, 0.3) is 0 Å². The molecule has 124 valence electrons. The second kappa shape index (κ2) is 7.20. The number of nitrogens with one attached hydrogen (secondary N) is 2. The molecule has 1 amide bonds. The van der Waals surface area contributed by atoms with Gasteiger partial charge < -0.3 is 15.4 Å². The predicted octanol–water partition coefficient (Wildman–Crippen LogP) is 4.36. The average molecular weight is 345 g/mol. The van der Waals surface area contributed by atoms with Crippen LogP contribution >= 0.6 is 22.9 Å². The minimum atomic E-state index is -0.466. The van der Waals surface area contributed by atoms with Crippen LogP contribution in [0.3, 0.4) is 0 Å². The monoisotopic (exact) mass is 344 g/mol. The Bertz CT molecular complexity index is 508. The molecule has 1 aliphatic rings. The lowest BCUT2D eigenvalue weighted by Crippen LogP contribution is -2.45. The van der Waals surface area contributed by atoms with Crippen LogP contribution in [-0.4, -0.2) is 24.3 Å². The molecule has 1 aliphatic carbocycles. The fourth-order valence-electron chi connectivity index (χ4n) is 2.26. The maximum atomic E-state index is 11.9. The Morgan fingerprint density at radius 1 is 1.45 bits per heavy atom. The summed E-state index contributed by atoms with van der Waals surface area (Å²) in [6.07, 6.45) is 2.00. The smallest absolute Gasteiger partial charge is 0.407 e. The van der Waals surface area contributed by atoms with Crippen molar-refractivity contribution in [2.75, 3.05) is 6.54 Å². The number of ether oxygens (including phenoxy) is 1. The first-order chi connectivity index (χ1) is 10.2. The van der Waals surface area contributed by atoms with Crippen molar-refractivity contribution in [1.29, 1.82) is 0 Å². The van der Waals surface area contributed by atoms with Gasteiger partial charge in [-0.25, -0.2) is 4.79 Å². The molecule has 1 saturated carbocycles. The lowest BCUT2D eigenvalue weighted by Gasteiger charge is -2.25. The SMILES string of the molecule is CC(NCC(NC(=O)OC(C)(C)C)C1CC1)c1ccc(Cl)s1. The minimum Gasteiger partial charge on any atom is -0.444 e. The van der Waals surface area contributed by atoms with E-state index in [1.807, 2.05) is 32.9 Å². The van der Waals surface area contributed by atoms with Crippen molar-refractivity contribution in [2.24, 2.45) is 5.92 Å². The summed E-state index contributed by atoms with van der Waals surface area (Å²) in [6, 6.07) is 4.29. The number of rotatable bonds is 6. The highest BCUT2D eigenvalue weighted by Gasteiger charge is 2.33. The van der Waals surface area contributed by atoms with Gasteiger partial charge >= 0.3 is 6.09 Å². The van der Waals surface area contributed by atoms with Gasteiger partial charge in [-0.3, -0.25) is 0 Å². The molecule has 0 bridgehead atoms. The second-order valence-electron chi connectivity index (χ2n) is 6.86. The first-order valence-electron chi connectivity index (χ1n) is 7.73. The lowest BCUT2D eigenvalue weighted by atomic mass is 10.1. The van der Waals surface area contributed by atoms with Gasteiger partial charge in [-0.15, -0.1) is 11.3 Å². The fraction of sp³-hybridized carbons (Fsp3) is 0.688. The van der Waals surface area contributed by atoms with Crippen LogP contribution in [0.2, 0.25) is 4.34 Å². The molecule has 2 rings (SSSR count). The highest BCUT2D eigenvalue weighted by Crippen LogP contribution is 2.33. The van der Waals surface area contributed by atoms with Crippen molar-refractivity contribution in [1.82, 2.24) is 10.6 Å². The molecule has 1 heterocycles. The van der Waals surface area contributed by atoms with Gasteiger partial charge in [0.15, 0.2) is 0 Å². The van der Waals surface area contributed by atoms with Crippen LogP contribution in [0.1, 0.15) is 51.5 Å². The maximum absolute atomic E-state index is 11.9. The van der Waals surface area contributed by atoms with Gasteiger partial charge in [0, 0.05) is 23.5 Å². The number of halogens is 1. The highest BCUT2D eigenvalue weighted by atomic mass is 35.5. The van der Waals surface area contributed by atoms with Crippen molar-refractivity contribution < 1.29 is 9.53 Å². The summed E-state index contributed by atoms with van der Waals surface area (Å²) < 4.78 is 6.15. The van der Waals surface area contributed by atoms with E-state index in [0.717, 1.165) is 10.9 Å². The molecule has 1 aromatic rings. The van der Waals surface area contributed by atoms with Crippen LogP contribution in [-0.2, 0) is 4.74 Å². The number of carbonyl (C=O) groups excluding carboxylic acids is 1. The standard InChI is InChI=1S/C16H25ClN2O2S/c1-10(13-7-8-14(17)22-13)18-9-12(11-5-6-11)19-15(20)21-16(2,3)4/h7-8,10-12,18H,5-6,9H2,1-4H3,(H,19,20). The molecule has 2 N–H and O–H groups in total. The third kappa shape index (κ3) is 5.78. The Morgan fingerprint density at radius 2 is 2.14 bits per heavy atom. The van der Waals surface area contributed by atoms with Crippen molar-refractivity contribution >= 4 is 29.0 Å². The average Bonchev–Trinajstić information content (AvgIpc) is 3.14. The molecule has 0 aromatic carbocycles. The normalized spacial score (nSPS) is 17.9. The van der Waals surface area contributed by atoms with Gasteiger partial charge in [-0.05, 0) is 58.6 Å². The summed E-state index contributed by atoms with van der Waals surface area (Å²) >= 11 is 7.56. The molecule has 4 nitrogen and oxygen atoms in total. The quantitative estimate of drug-likeness (QED) is 0.806. The Morgan fingerprint density at radius 3 is 2.64 bits per heavy atom. The van der Waals surface area contributed by atoms with Crippen molar-refractivity contribution in [2.45, 2.75) is 58.2 Å². The molecule has 0 saturated heterocycles. The molecular formula is C16H25ClN2O2S. The molecule has 1 fully saturated rings. The number of amides is 1. The van der Waals surface area contributed by atoms with Crippen LogP contribution in [0.15, 0.2) is 12.1 Å². The predicted molar refractivity (Wildman–Crippen MR) is 91.6 cm³/mol. The molecule has 0 spiro atoms. The number of hydrogen-bond donors (Lipinski definition) is 2. The van der Waals surface area contributed by atoms with Crippen LogP contribution in [0, 0.1) is 5.92 Å². The van der Waals surface area contributed by atoms with Gasteiger partial charge in [0.1, 0.15) is 5.60 Å². The number of hydrogen-bond acceptors (Lipinski definition) is 4. The zero-order valence-electron chi connectivity index (χ0n) is 13.6. The van der Waals surface area contributed by atoms with Gasteiger partial charge in [-0.1, -0.05) is 11.6 Å². The van der Waals surface area contributed by atoms with E-state index in [-0.39, 0.29) is 18.2 Å². The van der Waals surface area contributed by atoms with Crippen LogP contribution < -0.4 is 10.6 Å². The molecule has 2 unspecified atom stereocenters. The molecule has 6 heteroatoms. The van der Waals surface area contributed by atoms with E-state index in [0.29, 0.717) is 5.92 Å². The van der Waals surface area contributed by atoms with Gasteiger partial charge in [0.2, 0.25) is 0 Å². The largest absolute Gasteiger partial charge is 0.444 e. The summed E-state index contributed by atoms with van der Waals surface area (Å²) in [5.74, 6) is 0.555. The van der Waals surface area contributed by atoms with E-state index in [2.05, 4.69) is 17.6 Å². The first kappa shape index (κ1) is 17.6. The second-order valence-corrected chi connectivity index (χ2v) is 8.61. The number of carbonyl (C=O) groups is 1. The highest BCUT2D eigenvalue weighted by molar-refractivity contribution is 7.16. The third-order valence-electron chi connectivity index (χ3n) is 3.56. The van der Waals surface area contributed by atoms with Crippen molar-refractivity contribution in [3.63, 3.8) is 0 Å². The Balaban J connectivity index is 1.83. The van der Waals surface area contributed by atoms with Gasteiger partial charge in [0.05, 0.1) is 4.34 Å². The lowest BCUT2D eigenvalue weighted by molar-refractivity contribution is 0.0497. The van der Waals surface area contributed by atoms with E-state index in [9.17, 15) is 4.79 Å². The fourth-order valence-corrected chi connectivity index (χ4v) is 3.35. The maximum Gasteiger partial charge on any atom is 0.407 e. The van der Waals surface area contributed by atoms with E-state index in [1.165, 1.54) is 17.7 Å². The molecule has 22 heavy (non-hydrogen) atoms. The summed E-state index contributed by atoms with van der Waals surface area (Å²) in [6.45, 7) is 8.47. The first-order valence-corrected chi connectivity index (χ1v) is 8.92. The van der Waals surface area contributed by atoms with Crippen LogP contribution in [0.25, 0.3) is 0 Å². The topological polar surface area (TPSA) is 50.4 Å². The summed E-state index contributed by atoms with van der Waals surface area (Å²) in [5, 5.41) is 6.48. The van der Waals surface area contributed by atoms with Crippen molar-refractivity contribution in [3.8, 4) is 0 Å². The molecular weight excluding hydrogens is 320 g/mol. The molecule has 0 aliphatic heterocycles. The summed E-state index contributed by atoms with van der Waals surface area (Å²) in [7, 11) is 0. The van der Waals surface area contributed by atoms with Crippen LogP contribution in [0.5, 0.6) is 0 Å². The molecule has 2 atom stereocenters. The Labute approximate surface area is 141 Å². The van der Waals surface area contributed by atoms with E-state index >= 15 is 0 Å². The Kier molecular flexibility index (Phi) is 5.75. The summed E-state index contributed by atoms with van der Waals surface area (Å²) in [5.41, 5.74) is -0.466.